The van der Waals surface area contributed by atoms with Gasteiger partial charge in [-0.3, -0.25) is 0 Å². The van der Waals surface area contributed by atoms with Crippen molar-refractivity contribution in [3.8, 4) is 18.0 Å². The molecule has 0 spiro atoms. The van der Waals surface area contributed by atoms with Gasteiger partial charge in [0.25, 0.3) is 0 Å². The van der Waals surface area contributed by atoms with Crippen molar-refractivity contribution in [3.05, 3.63) is 29.0 Å². The van der Waals surface area contributed by atoms with Crippen molar-refractivity contribution < 1.29 is 4.21 Å². The first-order chi connectivity index (χ1) is 8.01. The maximum Gasteiger partial charge on any atom is 0.188 e. The normalized spacial score (nSPS) is 12.6. The van der Waals surface area contributed by atoms with E-state index in [2.05, 4.69) is 21.5 Å². The third-order valence-electron chi connectivity index (χ3n) is 1.86. The summed E-state index contributed by atoms with van der Waals surface area (Å²) in [5.74, 6) is 5.41. The summed E-state index contributed by atoms with van der Waals surface area (Å²) in [7, 11) is -2.70. The topological polar surface area (TPSA) is 65.8 Å². The first-order valence-electron chi connectivity index (χ1n) is 4.58. The van der Waals surface area contributed by atoms with Gasteiger partial charge >= 0.3 is 0 Å². The molecular weight excluding hydrogens is 258 g/mol. The SMILES string of the molecule is CC#CC(c1ccc(Cl)nc1)=S(C)(=O)NC#N. The molecule has 0 aliphatic rings. The van der Waals surface area contributed by atoms with Gasteiger partial charge in [-0.15, -0.1) is 5.92 Å². The molecule has 1 atom stereocenters. The third-order valence-corrected chi connectivity index (χ3v) is 3.68. The fourth-order valence-electron chi connectivity index (χ4n) is 1.16. The van der Waals surface area contributed by atoms with Crippen LogP contribution >= 0.6 is 11.6 Å². The van der Waals surface area contributed by atoms with Crippen molar-refractivity contribution >= 4 is 26.2 Å². The molecule has 0 amide bonds. The van der Waals surface area contributed by atoms with Crippen LogP contribution in [0.5, 0.6) is 0 Å². The second-order valence-electron chi connectivity index (χ2n) is 3.13. The fraction of sp³-hybridized carbons (Fsp3) is 0.182. The molecule has 0 saturated heterocycles. The minimum Gasteiger partial charge on any atom is -0.248 e. The van der Waals surface area contributed by atoms with Gasteiger partial charge in [0, 0.05) is 18.0 Å². The molecule has 4 nitrogen and oxygen atoms in total. The number of rotatable bonds is 2. The summed E-state index contributed by atoms with van der Waals surface area (Å²) in [6, 6.07) is 3.24. The summed E-state index contributed by atoms with van der Waals surface area (Å²) in [5.41, 5.74) is 0.582. The number of aromatic nitrogens is 1. The lowest BCUT2D eigenvalue weighted by molar-refractivity contribution is 0.681. The van der Waals surface area contributed by atoms with Crippen LogP contribution < -0.4 is 4.72 Å². The Labute approximate surface area is 106 Å². The lowest BCUT2D eigenvalue weighted by Gasteiger charge is -2.07. The number of nitrogens with one attached hydrogen (secondary N) is 1. The molecule has 0 aliphatic heterocycles. The van der Waals surface area contributed by atoms with Crippen LogP contribution in [0, 0.1) is 23.3 Å². The van der Waals surface area contributed by atoms with Gasteiger partial charge in [-0.25, -0.2) is 13.9 Å². The van der Waals surface area contributed by atoms with Gasteiger partial charge in [-0.2, -0.15) is 5.26 Å². The van der Waals surface area contributed by atoms with Gasteiger partial charge in [0.15, 0.2) is 6.19 Å². The van der Waals surface area contributed by atoms with Gasteiger partial charge in [0.05, 0.1) is 9.71 Å². The van der Waals surface area contributed by atoms with Crippen LogP contribution in [0.15, 0.2) is 18.3 Å². The zero-order valence-corrected chi connectivity index (χ0v) is 10.9. The maximum atomic E-state index is 12.2. The molecule has 88 valence electrons. The van der Waals surface area contributed by atoms with Crippen LogP contribution in [-0.4, -0.2) is 20.3 Å². The average molecular weight is 268 g/mol. The largest absolute Gasteiger partial charge is 0.248 e. The van der Waals surface area contributed by atoms with Crippen molar-refractivity contribution in [3.63, 3.8) is 0 Å². The van der Waals surface area contributed by atoms with Crippen molar-refractivity contribution in [1.82, 2.24) is 9.71 Å². The van der Waals surface area contributed by atoms with E-state index in [-0.39, 0.29) is 0 Å². The first-order valence-corrected chi connectivity index (χ1v) is 6.92. The summed E-state index contributed by atoms with van der Waals surface area (Å²) in [6.45, 7) is 1.63. The van der Waals surface area contributed by atoms with E-state index in [1.807, 2.05) is 0 Å². The molecule has 0 bridgehead atoms. The second-order valence-corrected chi connectivity index (χ2v) is 5.82. The van der Waals surface area contributed by atoms with E-state index in [9.17, 15) is 4.21 Å². The smallest absolute Gasteiger partial charge is 0.188 e. The fourth-order valence-corrected chi connectivity index (χ4v) is 2.41. The van der Waals surface area contributed by atoms with Gasteiger partial charge in [-0.1, -0.05) is 17.5 Å². The van der Waals surface area contributed by atoms with Gasteiger partial charge in [0.1, 0.15) is 10.0 Å². The number of hydrogen-bond acceptors (Lipinski definition) is 3. The Balaban J connectivity index is 3.48. The van der Waals surface area contributed by atoms with E-state index in [4.69, 9.17) is 16.9 Å². The van der Waals surface area contributed by atoms with Crippen LogP contribution in [0.1, 0.15) is 12.5 Å². The Kier molecular flexibility index (Phi) is 4.39. The summed E-state index contributed by atoms with van der Waals surface area (Å²) in [5, 5.41) is 8.91. The minimum atomic E-state index is -2.70. The number of nitriles is 1. The Morgan fingerprint density at radius 3 is 2.76 bits per heavy atom. The Morgan fingerprint density at radius 1 is 1.59 bits per heavy atom. The zero-order valence-electron chi connectivity index (χ0n) is 9.32. The van der Waals surface area contributed by atoms with Gasteiger partial charge in [0.2, 0.25) is 0 Å². The van der Waals surface area contributed by atoms with Crippen molar-refractivity contribution in [2.75, 3.05) is 6.26 Å². The number of hydrogen-bond donors (Lipinski definition) is 1. The molecule has 0 radical (unpaired) electrons. The van der Waals surface area contributed by atoms with E-state index >= 15 is 0 Å². The molecule has 1 aromatic rings. The summed E-state index contributed by atoms with van der Waals surface area (Å²) in [6.07, 6.45) is 4.56. The third kappa shape index (κ3) is 3.39. The van der Waals surface area contributed by atoms with Crippen LogP contribution in [0.4, 0.5) is 0 Å². The van der Waals surface area contributed by atoms with Crippen LogP contribution in [0.25, 0.3) is 0 Å². The second kappa shape index (κ2) is 5.58. The summed E-state index contributed by atoms with van der Waals surface area (Å²) in [4.78, 5) is 4.24. The molecule has 1 rings (SSSR count). The van der Waals surface area contributed by atoms with Gasteiger partial charge < -0.3 is 0 Å². The Bertz CT molecular complexity index is 625. The van der Waals surface area contributed by atoms with Crippen LogP contribution in [0.3, 0.4) is 0 Å². The first kappa shape index (κ1) is 13.4. The molecule has 1 N–H and O–H groups in total. The van der Waals surface area contributed by atoms with Gasteiger partial charge in [-0.05, 0) is 19.1 Å². The van der Waals surface area contributed by atoms with Crippen molar-refractivity contribution in [1.29, 1.82) is 5.26 Å². The van der Waals surface area contributed by atoms with E-state index in [1.54, 1.807) is 25.2 Å². The van der Waals surface area contributed by atoms with Crippen LogP contribution in [0.2, 0.25) is 5.15 Å². The minimum absolute atomic E-state index is 0.339. The highest BCUT2D eigenvalue weighted by Crippen LogP contribution is 2.07. The molecule has 0 aromatic carbocycles. The highest BCUT2D eigenvalue weighted by Gasteiger charge is 2.10. The molecule has 1 heterocycles. The predicted molar refractivity (Wildman–Crippen MR) is 69.6 cm³/mol. The average Bonchev–Trinajstić information content (AvgIpc) is 2.27. The lowest BCUT2D eigenvalue weighted by Crippen LogP contribution is -2.25. The Hall–Kier alpha value is -1.69. The quantitative estimate of drug-likeness (QED) is 0.219. The number of halogens is 1. The highest BCUT2D eigenvalue weighted by molar-refractivity contribution is 8.00. The molecule has 17 heavy (non-hydrogen) atoms. The van der Waals surface area contributed by atoms with E-state index in [0.29, 0.717) is 15.6 Å². The molecule has 0 saturated carbocycles. The lowest BCUT2D eigenvalue weighted by atomic mass is 10.2. The Morgan fingerprint density at radius 2 is 2.29 bits per heavy atom. The molecule has 0 fully saturated rings. The standard InChI is InChI=1S/C11H10ClN3OS/c1-3-4-10(17(2,16)15-8-13)9-5-6-11(12)14-7-9/h5-7H,1-2H3,(H,15,16). The summed E-state index contributed by atoms with van der Waals surface area (Å²) >= 11 is 5.67. The molecule has 1 aromatic heterocycles. The van der Waals surface area contributed by atoms with E-state index in [0.717, 1.165) is 0 Å². The van der Waals surface area contributed by atoms with E-state index < -0.39 is 9.71 Å². The molecule has 0 aliphatic carbocycles. The number of nitrogens with zero attached hydrogens (tertiary/aromatic N) is 2. The summed E-state index contributed by atoms with van der Waals surface area (Å²) < 4.78 is 14.5. The molecule has 6 heteroatoms. The molecule has 1 unspecified atom stereocenters. The molecular formula is C11H10ClN3OS. The monoisotopic (exact) mass is 267 g/mol. The highest BCUT2D eigenvalue weighted by atomic mass is 35.5. The van der Waals surface area contributed by atoms with Crippen molar-refractivity contribution in [2.45, 2.75) is 6.92 Å². The van der Waals surface area contributed by atoms with Crippen LogP contribution in [-0.2, 0) is 9.71 Å². The zero-order chi connectivity index (χ0) is 12.9. The maximum absolute atomic E-state index is 12.2. The number of pyridine rings is 1. The van der Waals surface area contributed by atoms with E-state index in [1.165, 1.54) is 12.5 Å². The van der Waals surface area contributed by atoms with Crippen molar-refractivity contribution in [2.24, 2.45) is 0 Å². The predicted octanol–water partition coefficient (Wildman–Crippen LogP) is 1.18.